The van der Waals surface area contributed by atoms with Crippen LogP contribution < -0.4 is 5.32 Å². The highest BCUT2D eigenvalue weighted by Crippen LogP contribution is 2.28. The number of carbonyl (C=O) groups excluding carboxylic acids is 2. The first-order chi connectivity index (χ1) is 14.3. The van der Waals surface area contributed by atoms with E-state index in [1.54, 1.807) is 12.3 Å². The topological polar surface area (TPSA) is 91.6 Å². The molecule has 0 bridgehead atoms. The molecule has 162 valence electrons. The average Bonchev–Trinajstić information content (AvgIpc) is 3.03. The zero-order valence-electron chi connectivity index (χ0n) is 18.0. The summed E-state index contributed by atoms with van der Waals surface area (Å²) in [6.45, 7) is 10.6. The summed E-state index contributed by atoms with van der Waals surface area (Å²) in [7, 11) is 0. The fraction of sp³-hybridized carbons (Fsp3) is 0.524. The molecule has 1 fully saturated rings. The van der Waals surface area contributed by atoms with Crippen molar-refractivity contribution >= 4 is 23.6 Å². The molecule has 30 heavy (non-hydrogen) atoms. The molecule has 1 saturated heterocycles. The number of hydrogen-bond donors (Lipinski definition) is 1. The minimum Gasteiger partial charge on any atom is -0.361 e. The highest BCUT2D eigenvalue weighted by Gasteiger charge is 2.25. The lowest BCUT2D eigenvalue weighted by molar-refractivity contribution is -0.123. The third kappa shape index (κ3) is 5.60. The molecule has 3 heterocycles. The van der Waals surface area contributed by atoms with Gasteiger partial charge in [0.15, 0.2) is 0 Å². The van der Waals surface area contributed by atoms with Gasteiger partial charge in [-0.25, -0.2) is 4.98 Å². The van der Waals surface area contributed by atoms with Crippen LogP contribution in [-0.4, -0.2) is 70.5 Å². The van der Waals surface area contributed by atoms with Crippen LogP contribution in [0.2, 0.25) is 0 Å². The number of nitrogens with zero attached hydrogens (tertiary/aromatic N) is 4. The Hall–Kier alpha value is -2.39. The van der Waals surface area contributed by atoms with Crippen molar-refractivity contribution in [3.8, 4) is 0 Å². The summed E-state index contributed by atoms with van der Waals surface area (Å²) in [5.74, 6) is 1.45. The van der Waals surface area contributed by atoms with Crippen molar-refractivity contribution in [2.75, 3.05) is 32.7 Å². The van der Waals surface area contributed by atoms with Gasteiger partial charge in [0.1, 0.15) is 10.8 Å². The summed E-state index contributed by atoms with van der Waals surface area (Å²) >= 11 is 1.52. The van der Waals surface area contributed by atoms with E-state index in [9.17, 15) is 9.59 Å². The first-order valence-corrected chi connectivity index (χ1v) is 11.1. The molecule has 0 saturated carbocycles. The predicted octanol–water partition coefficient (Wildman–Crippen LogP) is 2.26. The largest absolute Gasteiger partial charge is 0.361 e. The van der Waals surface area contributed by atoms with E-state index in [1.165, 1.54) is 11.8 Å². The summed E-state index contributed by atoms with van der Waals surface area (Å²) < 4.78 is 5.22. The Morgan fingerprint density at radius 1 is 1.23 bits per heavy atom. The Morgan fingerprint density at radius 2 is 1.97 bits per heavy atom. The summed E-state index contributed by atoms with van der Waals surface area (Å²) in [6, 6.07) is 3.75. The minimum atomic E-state index is -0.0179. The second kappa shape index (κ2) is 10.1. The van der Waals surface area contributed by atoms with Gasteiger partial charge in [0.05, 0.1) is 17.8 Å². The molecule has 0 aromatic carbocycles. The molecule has 2 amide bonds. The van der Waals surface area contributed by atoms with E-state index >= 15 is 0 Å². The van der Waals surface area contributed by atoms with Gasteiger partial charge in [-0.15, -0.1) is 11.8 Å². The van der Waals surface area contributed by atoms with Gasteiger partial charge in [0.25, 0.3) is 5.91 Å². The van der Waals surface area contributed by atoms with Crippen LogP contribution in [0.4, 0.5) is 0 Å². The predicted molar refractivity (Wildman–Crippen MR) is 115 cm³/mol. The van der Waals surface area contributed by atoms with Gasteiger partial charge in [-0.1, -0.05) is 5.16 Å². The van der Waals surface area contributed by atoms with Crippen molar-refractivity contribution in [2.24, 2.45) is 0 Å². The molecule has 0 atom stereocenters. The van der Waals surface area contributed by atoms with Crippen LogP contribution >= 0.6 is 11.8 Å². The fourth-order valence-corrected chi connectivity index (χ4v) is 4.51. The van der Waals surface area contributed by atoms with Crippen molar-refractivity contribution < 1.29 is 14.1 Å². The molecule has 9 heteroatoms. The van der Waals surface area contributed by atoms with Crippen LogP contribution in [0.25, 0.3) is 0 Å². The maximum absolute atomic E-state index is 13.1. The van der Waals surface area contributed by atoms with E-state index in [1.807, 2.05) is 38.7 Å². The zero-order chi connectivity index (χ0) is 21.7. The molecule has 3 rings (SSSR count). The molecule has 0 unspecified atom stereocenters. The van der Waals surface area contributed by atoms with Crippen molar-refractivity contribution in [3.05, 3.63) is 40.9 Å². The number of hydrogen-bond acceptors (Lipinski definition) is 7. The van der Waals surface area contributed by atoms with Crippen molar-refractivity contribution in [1.29, 1.82) is 0 Å². The zero-order valence-corrected chi connectivity index (χ0v) is 18.8. The molecule has 1 aliphatic heterocycles. The number of pyridine rings is 1. The van der Waals surface area contributed by atoms with E-state index in [0.29, 0.717) is 49.1 Å². The molecular weight excluding hydrogens is 402 g/mol. The SMILES string of the molecule is Cc1noc(C)c1CSc1ncccc1C(=O)N1CCN(CC(=O)NC(C)C)CC1. The second-order valence-electron chi connectivity index (χ2n) is 7.74. The van der Waals surface area contributed by atoms with Crippen LogP contribution in [0.1, 0.15) is 41.2 Å². The maximum atomic E-state index is 13.1. The summed E-state index contributed by atoms with van der Waals surface area (Å²) in [5.41, 5.74) is 2.51. The van der Waals surface area contributed by atoms with E-state index in [2.05, 4.69) is 20.4 Å². The van der Waals surface area contributed by atoms with Crippen LogP contribution in [0, 0.1) is 13.8 Å². The lowest BCUT2D eigenvalue weighted by Gasteiger charge is -2.34. The van der Waals surface area contributed by atoms with Gasteiger partial charge in [-0.05, 0) is 39.8 Å². The van der Waals surface area contributed by atoms with Gasteiger partial charge in [0.2, 0.25) is 5.91 Å². The third-order valence-corrected chi connectivity index (χ3v) is 6.04. The second-order valence-corrected chi connectivity index (χ2v) is 8.70. The smallest absolute Gasteiger partial charge is 0.256 e. The monoisotopic (exact) mass is 431 g/mol. The highest BCUT2D eigenvalue weighted by molar-refractivity contribution is 7.98. The molecular formula is C21H29N5O3S. The number of thioether (sulfide) groups is 1. The lowest BCUT2D eigenvalue weighted by atomic mass is 10.2. The molecule has 2 aromatic rings. The van der Waals surface area contributed by atoms with Crippen molar-refractivity contribution in [3.63, 3.8) is 0 Å². The first kappa shape index (κ1) is 22.3. The number of aryl methyl sites for hydroxylation is 2. The lowest BCUT2D eigenvalue weighted by Crippen LogP contribution is -2.51. The first-order valence-electron chi connectivity index (χ1n) is 10.2. The molecule has 0 spiro atoms. The number of piperazine rings is 1. The molecule has 1 aliphatic rings. The number of amides is 2. The van der Waals surface area contributed by atoms with Gasteiger partial charge >= 0.3 is 0 Å². The van der Waals surface area contributed by atoms with Crippen LogP contribution in [0.5, 0.6) is 0 Å². The Labute approximate surface area is 181 Å². The van der Waals surface area contributed by atoms with Crippen molar-refractivity contribution in [1.82, 2.24) is 25.3 Å². The van der Waals surface area contributed by atoms with Crippen LogP contribution in [0.15, 0.2) is 27.9 Å². The standard InChI is InChI=1S/C21H29N5O3S/c1-14(2)23-19(27)12-25-8-10-26(11-9-25)21(28)17-6-5-7-22-20(17)30-13-18-15(3)24-29-16(18)4/h5-7,14H,8-13H2,1-4H3,(H,23,27). The van der Waals surface area contributed by atoms with Crippen LogP contribution in [-0.2, 0) is 10.5 Å². The van der Waals surface area contributed by atoms with E-state index in [0.717, 1.165) is 17.0 Å². The Morgan fingerprint density at radius 3 is 2.60 bits per heavy atom. The summed E-state index contributed by atoms with van der Waals surface area (Å²) in [6.07, 6.45) is 1.71. The maximum Gasteiger partial charge on any atom is 0.256 e. The van der Waals surface area contributed by atoms with Gasteiger partial charge in [-0.3, -0.25) is 14.5 Å². The highest BCUT2D eigenvalue weighted by atomic mass is 32.2. The Bertz CT molecular complexity index is 871. The molecule has 0 radical (unpaired) electrons. The number of nitrogens with one attached hydrogen (secondary N) is 1. The Kier molecular flexibility index (Phi) is 7.49. The van der Waals surface area contributed by atoms with E-state index < -0.39 is 0 Å². The normalized spacial score (nSPS) is 14.9. The summed E-state index contributed by atoms with van der Waals surface area (Å²) in [5, 5.41) is 7.60. The third-order valence-electron chi connectivity index (χ3n) is 5.01. The van der Waals surface area contributed by atoms with E-state index in [4.69, 9.17) is 4.52 Å². The molecule has 0 aliphatic carbocycles. The van der Waals surface area contributed by atoms with Crippen molar-refractivity contribution in [2.45, 2.75) is 44.5 Å². The van der Waals surface area contributed by atoms with Gasteiger partial charge in [-0.2, -0.15) is 0 Å². The fourth-order valence-electron chi connectivity index (χ4n) is 3.37. The summed E-state index contributed by atoms with van der Waals surface area (Å²) in [4.78, 5) is 33.5. The quantitative estimate of drug-likeness (QED) is 0.672. The van der Waals surface area contributed by atoms with Gasteiger partial charge < -0.3 is 14.7 Å². The number of aromatic nitrogens is 2. The molecule has 8 nitrogen and oxygen atoms in total. The van der Waals surface area contributed by atoms with E-state index in [-0.39, 0.29) is 17.9 Å². The number of carbonyl (C=O) groups is 2. The van der Waals surface area contributed by atoms with Crippen LogP contribution in [0.3, 0.4) is 0 Å². The average molecular weight is 432 g/mol. The number of rotatable bonds is 7. The molecule has 1 N–H and O–H groups in total. The van der Waals surface area contributed by atoms with Gasteiger partial charge in [0, 0.05) is 49.7 Å². The Balaban J connectivity index is 1.59. The minimum absolute atomic E-state index is 0.0179. The molecule has 2 aromatic heterocycles.